The number of methoxy groups -OCH3 is 1. The second-order valence-electron chi connectivity index (χ2n) is 7.01. The van der Waals surface area contributed by atoms with Crippen LogP contribution in [-0.2, 0) is 14.8 Å². The maximum absolute atomic E-state index is 14.6. The molecule has 1 fully saturated rings. The summed E-state index contributed by atoms with van der Waals surface area (Å²) in [6, 6.07) is 2.08. The van der Waals surface area contributed by atoms with Crippen LogP contribution >= 0.6 is 11.3 Å². The van der Waals surface area contributed by atoms with E-state index < -0.39 is 32.2 Å². The molecule has 0 bridgehead atoms. The summed E-state index contributed by atoms with van der Waals surface area (Å²) in [6.07, 6.45) is 0.691. The predicted molar refractivity (Wildman–Crippen MR) is 104 cm³/mol. The molecule has 1 aromatic carbocycles. The van der Waals surface area contributed by atoms with Gasteiger partial charge in [0.25, 0.3) is 10.0 Å². The number of rotatable bonds is 7. The van der Waals surface area contributed by atoms with Crippen LogP contribution in [0.1, 0.15) is 6.42 Å². The lowest BCUT2D eigenvalue weighted by atomic mass is 10.0. The molecule has 1 aromatic heterocycles. The molecule has 0 amide bonds. The van der Waals surface area contributed by atoms with E-state index in [-0.39, 0.29) is 11.5 Å². The Bertz CT molecular complexity index is 915. The van der Waals surface area contributed by atoms with Crippen molar-refractivity contribution in [2.75, 3.05) is 50.5 Å². The van der Waals surface area contributed by atoms with E-state index in [0.29, 0.717) is 26.1 Å². The Balaban J connectivity index is 1.87. The van der Waals surface area contributed by atoms with Crippen LogP contribution in [0.15, 0.2) is 27.9 Å². The molecule has 1 N–H and O–H groups in total. The monoisotopic (exact) mass is 432 g/mol. The van der Waals surface area contributed by atoms with Crippen molar-refractivity contribution >= 4 is 32.9 Å². The fourth-order valence-electron chi connectivity index (χ4n) is 3.44. The molecule has 3 rings (SSSR count). The Morgan fingerprint density at radius 3 is 2.57 bits per heavy atom. The van der Waals surface area contributed by atoms with E-state index in [1.165, 1.54) is 10.9 Å². The number of hydrogen-bond donors (Lipinski definition) is 1. The fourth-order valence-corrected chi connectivity index (χ4v) is 5.12. The van der Waals surface area contributed by atoms with Gasteiger partial charge in [0.15, 0.2) is 10.7 Å². The largest absolute Gasteiger partial charge is 0.375 e. The van der Waals surface area contributed by atoms with E-state index >= 15 is 0 Å². The van der Waals surface area contributed by atoms with Crippen molar-refractivity contribution in [1.82, 2.24) is 9.88 Å². The van der Waals surface area contributed by atoms with Gasteiger partial charge in [0.1, 0.15) is 11.6 Å². The maximum atomic E-state index is 14.6. The number of anilines is 2. The van der Waals surface area contributed by atoms with E-state index in [2.05, 4.69) is 9.71 Å². The molecule has 1 unspecified atom stereocenters. The third-order valence-electron chi connectivity index (χ3n) is 4.64. The molecule has 0 spiro atoms. The molecule has 2 heterocycles. The van der Waals surface area contributed by atoms with Crippen molar-refractivity contribution in [2.45, 2.75) is 16.9 Å². The molecular formula is C17H22F2N4O3S2. The smallest absolute Gasteiger partial charge is 0.268 e. The summed E-state index contributed by atoms with van der Waals surface area (Å²) in [7, 11) is 1.04. The number of thiazole rings is 1. The SMILES string of the molecule is COC1(CN(C)C)CCN(c2cc(F)c(S(=O)(=O)Nc3cscn3)c(F)c2)C1. The summed E-state index contributed by atoms with van der Waals surface area (Å²) in [6.45, 7) is 1.66. The minimum atomic E-state index is -4.43. The summed E-state index contributed by atoms with van der Waals surface area (Å²) in [4.78, 5) is 6.54. The Morgan fingerprint density at radius 1 is 1.36 bits per heavy atom. The Hall–Kier alpha value is -1.82. The zero-order valence-corrected chi connectivity index (χ0v) is 17.4. The van der Waals surface area contributed by atoms with Crippen molar-refractivity contribution in [2.24, 2.45) is 0 Å². The Labute approximate surface area is 167 Å². The number of ether oxygens (including phenoxy) is 1. The number of benzene rings is 1. The second-order valence-corrected chi connectivity index (χ2v) is 9.35. The van der Waals surface area contributed by atoms with Gasteiger partial charge < -0.3 is 14.5 Å². The van der Waals surface area contributed by atoms with Gasteiger partial charge in [-0.15, -0.1) is 11.3 Å². The van der Waals surface area contributed by atoms with Gasteiger partial charge >= 0.3 is 0 Å². The van der Waals surface area contributed by atoms with Crippen LogP contribution in [0.2, 0.25) is 0 Å². The number of aromatic nitrogens is 1. The van der Waals surface area contributed by atoms with Gasteiger partial charge in [-0.25, -0.2) is 22.2 Å². The molecule has 0 radical (unpaired) electrons. The molecule has 1 aliphatic heterocycles. The van der Waals surface area contributed by atoms with Gasteiger partial charge in [-0.2, -0.15) is 0 Å². The standard InChI is InChI=1S/C17H22F2N4O3S2/c1-22(2)9-17(26-3)4-5-23(10-17)12-6-13(18)16(14(19)7-12)28(24,25)21-15-8-27-11-20-15/h6-8,11,21H,4-5,9-10H2,1-3H3. The highest BCUT2D eigenvalue weighted by Gasteiger charge is 2.39. The van der Waals surface area contributed by atoms with Gasteiger partial charge in [-0.05, 0) is 32.6 Å². The predicted octanol–water partition coefficient (Wildman–Crippen LogP) is 2.38. The normalized spacial score (nSPS) is 20.1. The Morgan fingerprint density at radius 2 is 2.04 bits per heavy atom. The minimum absolute atomic E-state index is 0.0148. The summed E-state index contributed by atoms with van der Waals surface area (Å²) in [5.74, 6) is -2.29. The first-order valence-electron chi connectivity index (χ1n) is 8.51. The lowest BCUT2D eigenvalue weighted by Crippen LogP contribution is -2.44. The Kier molecular flexibility index (Phi) is 5.89. The topological polar surface area (TPSA) is 74.8 Å². The number of hydrogen-bond acceptors (Lipinski definition) is 7. The van der Waals surface area contributed by atoms with Crippen LogP contribution in [0.25, 0.3) is 0 Å². The highest BCUT2D eigenvalue weighted by molar-refractivity contribution is 7.92. The first kappa shape index (κ1) is 20.9. The highest BCUT2D eigenvalue weighted by Crippen LogP contribution is 2.33. The molecule has 28 heavy (non-hydrogen) atoms. The molecule has 0 saturated carbocycles. The van der Waals surface area contributed by atoms with Crippen LogP contribution in [0, 0.1) is 11.6 Å². The number of likely N-dealkylation sites (N-methyl/N-ethyl adjacent to an activating group) is 1. The maximum Gasteiger partial charge on any atom is 0.268 e. The summed E-state index contributed by atoms with van der Waals surface area (Å²) < 4.78 is 61.8. The number of nitrogens with zero attached hydrogens (tertiary/aromatic N) is 3. The molecule has 0 aliphatic carbocycles. The van der Waals surface area contributed by atoms with Gasteiger partial charge in [0.05, 0.1) is 11.1 Å². The zero-order valence-electron chi connectivity index (χ0n) is 15.8. The van der Waals surface area contributed by atoms with Crippen molar-refractivity contribution in [3.05, 3.63) is 34.7 Å². The first-order chi connectivity index (χ1) is 13.2. The van der Waals surface area contributed by atoms with Crippen molar-refractivity contribution < 1.29 is 21.9 Å². The molecule has 1 atom stereocenters. The third-order valence-corrected chi connectivity index (χ3v) is 6.63. The second kappa shape index (κ2) is 7.90. The average molecular weight is 433 g/mol. The number of halogens is 2. The molecule has 11 heteroatoms. The van der Waals surface area contributed by atoms with E-state index in [1.54, 1.807) is 12.0 Å². The van der Waals surface area contributed by atoms with Crippen LogP contribution in [-0.4, -0.2) is 64.7 Å². The summed E-state index contributed by atoms with van der Waals surface area (Å²) >= 11 is 1.16. The van der Waals surface area contributed by atoms with E-state index in [9.17, 15) is 17.2 Å². The first-order valence-corrected chi connectivity index (χ1v) is 10.9. The van der Waals surface area contributed by atoms with Crippen LogP contribution in [0.3, 0.4) is 0 Å². The van der Waals surface area contributed by atoms with Crippen LogP contribution < -0.4 is 9.62 Å². The van der Waals surface area contributed by atoms with Gasteiger partial charge in [0.2, 0.25) is 0 Å². The number of nitrogens with one attached hydrogen (secondary N) is 1. The van der Waals surface area contributed by atoms with E-state index in [0.717, 1.165) is 23.5 Å². The number of sulfonamides is 1. The van der Waals surface area contributed by atoms with Gasteiger partial charge in [0, 0.05) is 37.8 Å². The minimum Gasteiger partial charge on any atom is -0.375 e. The zero-order chi connectivity index (χ0) is 20.5. The van der Waals surface area contributed by atoms with E-state index in [1.807, 2.05) is 19.0 Å². The molecule has 1 aliphatic rings. The molecule has 7 nitrogen and oxygen atoms in total. The highest BCUT2D eigenvalue weighted by atomic mass is 32.2. The van der Waals surface area contributed by atoms with Crippen molar-refractivity contribution in [3.63, 3.8) is 0 Å². The summed E-state index contributed by atoms with van der Waals surface area (Å²) in [5.41, 5.74) is 1.24. The van der Waals surface area contributed by atoms with Crippen molar-refractivity contribution in [3.8, 4) is 0 Å². The summed E-state index contributed by atoms with van der Waals surface area (Å²) in [5, 5.41) is 1.43. The molecule has 2 aromatic rings. The van der Waals surface area contributed by atoms with Crippen molar-refractivity contribution in [1.29, 1.82) is 0 Å². The lowest BCUT2D eigenvalue weighted by Gasteiger charge is -2.31. The fraction of sp³-hybridized carbons (Fsp3) is 0.471. The molecule has 1 saturated heterocycles. The van der Waals surface area contributed by atoms with E-state index in [4.69, 9.17) is 4.74 Å². The average Bonchev–Trinajstić information content (AvgIpc) is 3.23. The third kappa shape index (κ3) is 4.27. The molecular weight excluding hydrogens is 410 g/mol. The quantitative estimate of drug-likeness (QED) is 0.724. The van der Waals surface area contributed by atoms with Gasteiger partial charge in [-0.3, -0.25) is 4.72 Å². The lowest BCUT2D eigenvalue weighted by molar-refractivity contribution is -0.0100. The van der Waals surface area contributed by atoms with Crippen LogP contribution in [0.4, 0.5) is 20.3 Å². The van der Waals surface area contributed by atoms with Gasteiger partial charge in [-0.1, -0.05) is 0 Å². The van der Waals surface area contributed by atoms with Crippen LogP contribution in [0.5, 0.6) is 0 Å². The molecule has 154 valence electrons.